The lowest BCUT2D eigenvalue weighted by Crippen LogP contribution is -2.36. The fourth-order valence-electron chi connectivity index (χ4n) is 3.14. The summed E-state index contributed by atoms with van der Waals surface area (Å²) >= 11 is 0. The van der Waals surface area contributed by atoms with Crippen molar-refractivity contribution in [1.82, 2.24) is 29.9 Å². The van der Waals surface area contributed by atoms with Crippen LogP contribution in [0.4, 0.5) is 4.39 Å². The number of amides is 1. The van der Waals surface area contributed by atoms with Gasteiger partial charge in [-0.15, -0.1) is 5.10 Å². The second-order valence-electron chi connectivity index (χ2n) is 6.63. The van der Waals surface area contributed by atoms with Crippen LogP contribution in [0.2, 0.25) is 0 Å². The average Bonchev–Trinajstić information content (AvgIpc) is 3.35. The van der Waals surface area contributed by atoms with E-state index in [1.807, 2.05) is 0 Å². The van der Waals surface area contributed by atoms with Crippen LogP contribution in [-0.4, -0.2) is 49.7 Å². The van der Waals surface area contributed by atoms with E-state index in [0.29, 0.717) is 18.7 Å². The molecule has 1 N–H and O–H groups in total. The molecule has 3 heterocycles. The van der Waals surface area contributed by atoms with Crippen LogP contribution in [0, 0.1) is 5.82 Å². The van der Waals surface area contributed by atoms with Crippen molar-refractivity contribution < 1.29 is 13.9 Å². The first-order valence-corrected chi connectivity index (χ1v) is 9.02. The molecule has 0 aliphatic carbocycles. The van der Waals surface area contributed by atoms with Gasteiger partial charge in [0.15, 0.2) is 11.2 Å². The molecule has 0 saturated carbocycles. The van der Waals surface area contributed by atoms with Gasteiger partial charge in [0.05, 0.1) is 12.6 Å². The van der Waals surface area contributed by atoms with Gasteiger partial charge in [-0.2, -0.15) is 0 Å². The summed E-state index contributed by atoms with van der Waals surface area (Å²) in [6, 6.07) is 6.29. The van der Waals surface area contributed by atoms with Gasteiger partial charge in [-0.1, -0.05) is 23.4 Å². The maximum atomic E-state index is 13.9. The van der Waals surface area contributed by atoms with E-state index in [0.717, 1.165) is 12.8 Å². The Balaban J connectivity index is 1.49. The van der Waals surface area contributed by atoms with Gasteiger partial charge in [0, 0.05) is 18.7 Å². The highest BCUT2D eigenvalue weighted by Gasteiger charge is 2.18. The van der Waals surface area contributed by atoms with E-state index < -0.39 is 5.56 Å². The fraction of sp³-hybridized carbons (Fsp3) is 0.389. The molecule has 10 heteroatoms. The molecule has 1 atom stereocenters. The van der Waals surface area contributed by atoms with E-state index in [2.05, 4.69) is 20.6 Å². The van der Waals surface area contributed by atoms with Crippen LogP contribution < -0.4 is 10.9 Å². The third-order valence-electron chi connectivity index (χ3n) is 4.63. The molecular weight excluding hydrogens is 367 g/mol. The predicted octanol–water partition coefficient (Wildman–Crippen LogP) is 0.471. The summed E-state index contributed by atoms with van der Waals surface area (Å²) < 4.78 is 21.8. The first kappa shape index (κ1) is 18.2. The SMILES string of the molecule is O=C(Cn1cnc2c(nnn2Cc2ccccc2F)c1=O)NC[C@@H]1CCCO1. The molecule has 0 unspecified atom stereocenters. The van der Waals surface area contributed by atoms with Crippen LogP contribution in [0.15, 0.2) is 35.4 Å². The van der Waals surface area contributed by atoms with Crippen LogP contribution in [-0.2, 0) is 22.6 Å². The summed E-state index contributed by atoms with van der Waals surface area (Å²) in [7, 11) is 0. The number of nitrogens with one attached hydrogen (secondary N) is 1. The van der Waals surface area contributed by atoms with Crippen LogP contribution in [0.1, 0.15) is 18.4 Å². The number of halogens is 1. The summed E-state index contributed by atoms with van der Waals surface area (Å²) in [6.45, 7) is 1.06. The largest absolute Gasteiger partial charge is 0.376 e. The van der Waals surface area contributed by atoms with E-state index >= 15 is 0 Å². The Morgan fingerprint density at radius 3 is 3.00 bits per heavy atom. The smallest absolute Gasteiger partial charge is 0.283 e. The van der Waals surface area contributed by atoms with Gasteiger partial charge in [0.2, 0.25) is 5.91 Å². The number of hydrogen-bond donors (Lipinski definition) is 1. The molecule has 3 aromatic rings. The molecule has 9 nitrogen and oxygen atoms in total. The summed E-state index contributed by atoms with van der Waals surface area (Å²) in [6.07, 6.45) is 3.21. The first-order chi connectivity index (χ1) is 13.6. The van der Waals surface area contributed by atoms with Gasteiger partial charge in [0.1, 0.15) is 18.7 Å². The molecule has 0 spiro atoms. The number of fused-ring (bicyclic) bond motifs is 1. The monoisotopic (exact) mass is 386 g/mol. The topological polar surface area (TPSA) is 104 Å². The van der Waals surface area contributed by atoms with Crippen molar-refractivity contribution >= 4 is 17.1 Å². The van der Waals surface area contributed by atoms with E-state index in [-0.39, 0.29) is 42.1 Å². The minimum atomic E-state index is -0.475. The second kappa shape index (κ2) is 7.85. The van der Waals surface area contributed by atoms with E-state index in [1.54, 1.807) is 18.2 Å². The zero-order chi connectivity index (χ0) is 19.5. The Morgan fingerprint density at radius 2 is 2.21 bits per heavy atom. The molecule has 146 valence electrons. The Labute approximate surface area is 159 Å². The highest BCUT2D eigenvalue weighted by atomic mass is 19.1. The van der Waals surface area contributed by atoms with Crippen molar-refractivity contribution in [3.8, 4) is 0 Å². The van der Waals surface area contributed by atoms with Crippen molar-refractivity contribution in [3.63, 3.8) is 0 Å². The Bertz CT molecular complexity index is 1060. The zero-order valence-corrected chi connectivity index (χ0v) is 15.0. The van der Waals surface area contributed by atoms with Gasteiger partial charge in [-0.25, -0.2) is 14.1 Å². The number of aromatic nitrogens is 5. The molecular formula is C18H19FN6O3. The summed E-state index contributed by atoms with van der Waals surface area (Å²) in [5.41, 5.74) is 0.209. The Hall–Kier alpha value is -3.14. The highest BCUT2D eigenvalue weighted by molar-refractivity contribution is 5.76. The third kappa shape index (κ3) is 3.77. The molecule has 1 aliphatic heterocycles. The number of hydrogen-bond acceptors (Lipinski definition) is 6. The van der Waals surface area contributed by atoms with Crippen LogP contribution in [0.3, 0.4) is 0 Å². The third-order valence-corrected chi connectivity index (χ3v) is 4.63. The van der Waals surface area contributed by atoms with Crippen LogP contribution in [0.25, 0.3) is 11.2 Å². The molecule has 1 amide bonds. The number of benzene rings is 1. The lowest BCUT2D eigenvalue weighted by Gasteiger charge is -2.11. The lowest BCUT2D eigenvalue weighted by atomic mass is 10.2. The number of ether oxygens (including phenoxy) is 1. The maximum absolute atomic E-state index is 13.9. The summed E-state index contributed by atoms with van der Waals surface area (Å²) in [4.78, 5) is 28.9. The first-order valence-electron chi connectivity index (χ1n) is 9.02. The second-order valence-corrected chi connectivity index (χ2v) is 6.63. The molecule has 0 bridgehead atoms. The normalized spacial score (nSPS) is 16.5. The number of rotatable bonds is 6. The zero-order valence-electron chi connectivity index (χ0n) is 15.0. The van der Waals surface area contributed by atoms with Gasteiger partial charge in [0.25, 0.3) is 5.56 Å². The number of nitrogens with zero attached hydrogens (tertiary/aromatic N) is 5. The van der Waals surface area contributed by atoms with Gasteiger partial charge >= 0.3 is 0 Å². The Morgan fingerprint density at radius 1 is 1.36 bits per heavy atom. The Kier molecular flexibility index (Phi) is 5.11. The van der Waals surface area contributed by atoms with E-state index in [1.165, 1.54) is 21.6 Å². The summed E-state index contributed by atoms with van der Waals surface area (Å²) in [5.74, 6) is -0.681. The van der Waals surface area contributed by atoms with Crippen molar-refractivity contribution in [2.75, 3.05) is 13.2 Å². The number of carbonyl (C=O) groups excluding carboxylic acids is 1. The molecule has 1 aliphatic rings. The molecule has 1 aromatic carbocycles. The minimum absolute atomic E-state index is 0.0274. The molecule has 0 radical (unpaired) electrons. The minimum Gasteiger partial charge on any atom is -0.376 e. The van der Waals surface area contributed by atoms with Crippen molar-refractivity contribution in [1.29, 1.82) is 0 Å². The molecule has 1 fully saturated rings. The quantitative estimate of drug-likeness (QED) is 0.661. The lowest BCUT2D eigenvalue weighted by molar-refractivity contribution is -0.122. The van der Waals surface area contributed by atoms with Gasteiger partial charge in [-0.05, 0) is 18.9 Å². The highest BCUT2D eigenvalue weighted by Crippen LogP contribution is 2.11. The molecule has 4 rings (SSSR count). The van der Waals surface area contributed by atoms with Crippen molar-refractivity contribution in [2.45, 2.75) is 32.0 Å². The van der Waals surface area contributed by atoms with Crippen LogP contribution in [0.5, 0.6) is 0 Å². The van der Waals surface area contributed by atoms with Crippen molar-refractivity contribution in [3.05, 3.63) is 52.3 Å². The van der Waals surface area contributed by atoms with Crippen molar-refractivity contribution in [2.24, 2.45) is 0 Å². The van der Waals surface area contributed by atoms with Gasteiger partial charge < -0.3 is 10.1 Å². The maximum Gasteiger partial charge on any atom is 0.283 e. The molecule has 28 heavy (non-hydrogen) atoms. The van der Waals surface area contributed by atoms with E-state index in [4.69, 9.17) is 4.74 Å². The van der Waals surface area contributed by atoms with Gasteiger partial charge in [-0.3, -0.25) is 14.2 Å². The average molecular weight is 386 g/mol. The summed E-state index contributed by atoms with van der Waals surface area (Å²) in [5, 5.41) is 10.5. The van der Waals surface area contributed by atoms with E-state index in [9.17, 15) is 14.0 Å². The molecule has 2 aromatic heterocycles. The van der Waals surface area contributed by atoms with Crippen LogP contribution >= 0.6 is 0 Å². The fourth-order valence-corrected chi connectivity index (χ4v) is 3.14. The number of carbonyl (C=O) groups is 1. The molecule has 1 saturated heterocycles. The predicted molar refractivity (Wildman–Crippen MR) is 97.1 cm³/mol. The standard InChI is InChI=1S/C18H19FN6O3/c19-14-6-2-1-4-12(14)9-25-17-16(22-23-25)18(27)24(11-21-17)10-15(26)20-8-13-5-3-7-28-13/h1-2,4,6,11,13H,3,5,7-10H2,(H,20,26)/t13-/m0/s1.